The molecule has 0 radical (unpaired) electrons. The molecular formula is C20H26N6O3. The van der Waals surface area contributed by atoms with Gasteiger partial charge in [0.1, 0.15) is 11.0 Å². The van der Waals surface area contributed by atoms with Gasteiger partial charge in [0.05, 0.1) is 37.7 Å². The Labute approximate surface area is 169 Å². The predicted molar refractivity (Wildman–Crippen MR) is 106 cm³/mol. The molecule has 1 aliphatic carbocycles. The molecule has 29 heavy (non-hydrogen) atoms. The number of aromatic nitrogens is 6. The van der Waals surface area contributed by atoms with E-state index in [2.05, 4.69) is 34.0 Å². The van der Waals surface area contributed by atoms with Crippen molar-refractivity contribution in [3.63, 3.8) is 0 Å². The van der Waals surface area contributed by atoms with E-state index in [9.17, 15) is 4.79 Å². The lowest BCUT2D eigenvalue weighted by Gasteiger charge is -2.34. The van der Waals surface area contributed by atoms with Crippen LogP contribution in [0.1, 0.15) is 62.9 Å². The molecule has 0 spiro atoms. The summed E-state index contributed by atoms with van der Waals surface area (Å²) in [4.78, 5) is 21.0. The van der Waals surface area contributed by atoms with Crippen LogP contribution < -0.4 is 4.74 Å². The largest absolute Gasteiger partial charge is 0.479 e. The predicted octanol–water partition coefficient (Wildman–Crippen LogP) is 3.34. The first-order chi connectivity index (χ1) is 13.9. The number of fused-ring (bicyclic) bond motifs is 1. The molecule has 3 aromatic rings. The minimum Gasteiger partial charge on any atom is -0.479 e. The van der Waals surface area contributed by atoms with Gasteiger partial charge in [0.2, 0.25) is 5.88 Å². The number of ether oxygens (including phenoxy) is 2. The topological polar surface area (TPSA) is 97.0 Å². The lowest BCUT2D eigenvalue weighted by Crippen LogP contribution is -2.24. The van der Waals surface area contributed by atoms with Crippen LogP contribution in [0.15, 0.2) is 18.6 Å². The second-order valence-electron chi connectivity index (χ2n) is 8.15. The molecule has 1 aliphatic rings. The van der Waals surface area contributed by atoms with Crippen molar-refractivity contribution in [2.45, 2.75) is 52.5 Å². The molecule has 0 aliphatic heterocycles. The fraction of sp³-hybridized carbons (Fsp3) is 0.550. The summed E-state index contributed by atoms with van der Waals surface area (Å²) in [5.74, 6) is 0.328. The Morgan fingerprint density at radius 1 is 1.21 bits per heavy atom. The molecule has 0 bridgehead atoms. The summed E-state index contributed by atoms with van der Waals surface area (Å²) in [6.07, 6.45) is 9.16. The second-order valence-corrected chi connectivity index (χ2v) is 8.15. The van der Waals surface area contributed by atoms with Gasteiger partial charge in [-0.1, -0.05) is 13.8 Å². The molecule has 9 nitrogen and oxygen atoms in total. The SMILES string of the molecule is CCOC(=O)c1cnn(-c2nc(OC)c3c(cnn3C3CCC(C)(C)CC3)n2)c1. The Hall–Kier alpha value is -2.97. The van der Waals surface area contributed by atoms with Gasteiger partial charge in [0.15, 0.2) is 0 Å². The van der Waals surface area contributed by atoms with Gasteiger partial charge in [-0.3, -0.25) is 4.68 Å². The molecule has 3 heterocycles. The summed E-state index contributed by atoms with van der Waals surface area (Å²) in [7, 11) is 1.58. The van der Waals surface area contributed by atoms with Crippen molar-refractivity contribution < 1.29 is 14.3 Å². The van der Waals surface area contributed by atoms with Gasteiger partial charge in [-0.15, -0.1) is 0 Å². The van der Waals surface area contributed by atoms with Gasteiger partial charge in [-0.2, -0.15) is 15.2 Å². The molecule has 9 heteroatoms. The van der Waals surface area contributed by atoms with Gasteiger partial charge in [0, 0.05) is 6.20 Å². The van der Waals surface area contributed by atoms with Crippen molar-refractivity contribution in [2.24, 2.45) is 5.41 Å². The minimum absolute atomic E-state index is 0.303. The molecule has 1 fully saturated rings. The molecule has 0 saturated heterocycles. The van der Waals surface area contributed by atoms with Crippen molar-refractivity contribution in [3.8, 4) is 11.8 Å². The Morgan fingerprint density at radius 2 is 1.97 bits per heavy atom. The first-order valence-corrected chi connectivity index (χ1v) is 9.93. The standard InChI is InChI=1S/C20H26N6O3/c1-5-29-18(27)13-10-21-25(12-13)19-23-15-11-22-26(16(15)17(24-19)28-4)14-6-8-20(2,3)9-7-14/h10-12,14H,5-9H2,1-4H3. The molecule has 0 N–H and O–H groups in total. The fourth-order valence-corrected chi connectivity index (χ4v) is 3.82. The number of rotatable bonds is 5. The molecule has 0 aromatic carbocycles. The van der Waals surface area contributed by atoms with Gasteiger partial charge >= 0.3 is 5.97 Å². The van der Waals surface area contributed by atoms with Crippen LogP contribution in [0.3, 0.4) is 0 Å². The van der Waals surface area contributed by atoms with Crippen molar-refractivity contribution in [2.75, 3.05) is 13.7 Å². The smallest absolute Gasteiger partial charge is 0.341 e. The first kappa shape index (κ1) is 19.4. The van der Waals surface area contributed by atoms with Crippen LogP contribution in [-0.4, -0.2) is 49.2 Å². The third-order valence-electron chi connectivity index (χ3n) is 5.55. The van der Waals surface area contributed by atoms with E-state index >= 15 is 0 Å². The summed E-state index contributed by atoms with van der Waals surface area (Å²) in [5.41, 5.74) is 2.20. The van der Waals surface area contributed by atoms with Crippen LogP contribution in [0.2, 0.25) is 0 Å². The maximum Gasteiger partial charge on any atom is 0.341 e. The fourth-order valence-electron chi connectivity index (χ4n) is 3.82. The van der Waals surface area contributed by atoms with Crippen LogP contribution >= 0.6 is 0 Å². The molecule has 4 rings (SSSR count). The molecule has 0 amide bonds. The average Bonchev–Trinajstić information content (AvgIpc) is 3.35. The number of methoxy groups -OCH3 is 1. The zero-order valence-corrected chi connectivity index (χ0v) is 17.3. The monoisotopic (exact) mass is 398 g/mol. The highest BCUT2D eigenvalue weighted by Gasteiger charge is 2.30. The molecular weight excluding hydrogens is 372 g/mol. The van der Waals surface area contributed by atoms with Crippen molar-refractivity contribution >= 4 is 17.0 Å². The van der Waals surface area contributed by atoms with E-state index < -0.39 is 5.97 Å². The van der Waals surface area contributed by atoms with Crippen molar-refractivity contribution in [1.29, 1.82) is 0 Å². The van der Waals surface area contributed by atoms with Crippen LogP contribution in [0.5, 0.6) is 5.88 Å². The number of hydrogen-bond acceptors (Lipinski definition) is 7. The van der Waals surface area contributed by atoms with E-state index in [0.717, 1.165) is 31.2 Å². The molecule has 0 unspecified atom stereocenters. The summed E-state index contributed by atoms with van der Waals surface area (Å²) in [5, 5.41) is 8.79. The van der Waals surface area contributed by atoms with Crippen LogP contribution in [0.25, 0.3) is 17.0 Å². The van der Waals surface area contributed by atoms with Gasteiger partial charge in [-0.05, 0) is 38.0 Å². The van der Waals surface area contributed by atoms with E-state index in [1.165, 1.54) is 10.9 Å². The van der Waals surface area contributed by atoms with E-state index in [-0.39, 0.29) is 0 Å². The average molecular weight is 398 g/mol. The van der Waals surface area contributed by atoms with Gasteiger partial charge in [0.25, 0.3) is 5.95 Å². The van der Waals surface area contributed by atoms with E-state index in [1.54, 1.807) is 26.4 Å². The normalized spacial score (nSPS) is 16.8. The maximum absolute atomic E-state index is 11.9. The highest BCUT2D eigenvalue weighted by atomic mass is 16.5. The summed E-state index contributed by atoms with van der Waals surface area (Å²) in [6, 6.07) is 0.309. The second kappa shape index (κ2) is 7.46. The van der Waals surface area contributed by atoms with E-state index in [0.29, 0.717) is 41.0 Å². The molecule has 1 saturated carbocycles. The minimum atomic E-state index is -0.431. The molecule has 0 atom stereocenters. The Morgan fingerprint density at radius 3 is 2.66 bits per heavy atom. The number of carbonyl (C=O) groups is 1. The van der Waals surface area contributed by atoms with Crippen molar-refractivity contribution in [1.82, 2.24) is 29.5 Å². The summed E-state index contributed by atoms with van der Waals surface area (Å²) < 4.78 is 14.0. The Kier molecular flexibility index (Phi) is 4.97. The van der Waals surface area contributed by atoms with Gasteiger partial charge < -0.3 is 9.47 Å². The zero-order chi connectivity index (χ0) is 20.6. The zero-order valence-electron chi connectivity index (χ0n) is 17.3. The van der Waals surface area contributed by atoms with Crippen LogP contribution in [-0.2, 0) is 4.74 Å². The van der Waals surface area contributed by atoms with Gasteiger partial charge in [-0.25, -0.2) is 14.5 Å². The van der Waals surface area contributed by atoms with Crippen molar-refractivity contribution in [3.05, 3.63) is 24.2 Å². The quantitative estimate of drug-likeness (QED) is 0.608. The highest BCUT2D eigenvalue weighted by Crippen LogP contribution is 2.41. The van der Waals surface area contributed by atoms with Crippen LogP contribution in [0, 0.1) is 5.41 Å². The Bertz CT molecular complexity index is 1030. The highest BCUT2D eigenvalue weighted by molar-refractivity contribution is 5.88. The number of hydrogen-bond donors (Lipinski definition) is 0. The van der Waals surface area contributed by atoms with E-state index in [1.807, 2.05) is 4.68 Å². The third-order valence-corrected chi connectivity index (χ3v) is 5.55. The summed E-state index contributed by atoms with van der Waals surface area (Å²) in [6.45, 7) is 6.69. The third kappa shape index (κ3) is 3.68. The number of esters is 1. The number of carbonyl (C=O) groups excluding carboxylic acids is 1. The molecule has 154 valence electrons. The van der Waals surface area contributed by atoms with Crippen LogP contribution in [0.4, 0.5) is 0 Å². The Balaban J connectivity index is 1.68. The summed E-state index contributed by atoms with van der Waals surface area (Å²) >= 11 is 0. The molecule has 3 aromatic heterocycles. The maximum atomic E-state index is 11.9. The lowest BCUT2D eigenvalue weighted by molar-refractivity contribution is 0.0526. The first-order valence-electron chi connectivity index (χ1n) is 9.93. The lowest BCUT2D eigenvalue weighted by atomic mass is 9.75. The van der Waals surface area contributed by atoms with E-state index in [4.69, 9.17) is 9.47 Å². The number of nitrogens with zero attached hydrogens (tertiary/aromatic N) is 6.